The van der Waals surface area contributed by atoms with Gasteiger partial charge in [-0.25, -0.2) is 0 Å². The van der Waals surface area contributed by atoms with Gasteiger partial charge in [0.2, 0.25) is 0 Å². The molecule has 0 aromatic carbocycles. The van der Waals surface area contributed by atoms with E-state index in [9.17, 15) is 0 Å². The first-order valence-electron chi connectivity index (χ1n) is 7.10. The van der Waals surface area contributed by atoms with Crippen LogP contribution in [0.4, 0.5) is 0 Å². The molecule has 1 fully saturated rings. The molecule has 1 saturated carbocycles. The minimum atomic E-state index is 0.568. The molecular weight excluding hydrogens is 224 g/mol. The normalized spacial score (nSPS) is 24.7. The number of nitrogens with two attached hydrogens (primary N) is 1. The third-order valence-electron chi connectivity index (χ3n) is 4.33. The monoisotopic (exact) mass is 250 g/mol. The average molecular weight is 250 g/mol. The molecule has 1 aliphatic carbocycles. The second kappa shape index (κ2) is 5.89. The van der Waals surface area contributed by atoms with Crippen LogP contribution < -0.4 is 5.73 Å². The lowest BCUT2D eigenvalue weighted by Crippen LogP contribution is -2.38. The largest absolute Gasteiger partial charge is 0.465 e. The molecule has 0 bridgehead atoms. The summed E-state index contributed by atoms with van der Waals surface area (Å²) in [6, 6.07) is 2.81. The zero-order chi connectivity index (χ0) is 13.1. The molecule has 0 amide bonds. The second-order valence-corrected chi connectivity index (χ2v) is 5.74. The van der Waals surface area contributed by atoms with Crippen LogP contribution in [0.1, 0.15) is 49.7 Å². The summed E-state index contributed by atoms with van der Waals surface area (Å²) < 4.78 is 5.78. The van der Waals surface area contributed by atoms with Gasteiger partial charge >= 0.3 is 0 Å². The Hall–Kier alpha value is -0.800. The molecule has 1 aromatic heterocycles. The van der Waals surface area contributed by atoms with Gasteiger partial charge in [0.15, 0.2) is 0 Å². The van der Waals surface area contributed by atoms with Crippen molar-refractivity contribution < 1.29 is 4.42 Å². The van der Waals surface area contributed by atoms with E-state index in [4.69, 9.17) is 10.2 Å². The Balaban J connectivity index is 1.99. The van der Waals surface area contributed by atoms with Crippen molar-refractivity contribution in [1.29, 1.82) is 0 Å². The van der Waals surface area contributed by atoms with Gasteiger partial charge in [-0.1, -0.05) is 19.8 Å². The fraction of sp³-hybridized carbons (Fsp3) is 0.733. The summed E-state index contributed by atoms with van der Waals surface area (Å²) in [6.07, 6.45) is 5.44. The lowest BCUT2D eigenvalue weighted by atomic mass is 9.85. The summed E-state index contributed by atoms with van der Waals surface area (Å²) in [6.45, 7) is 5.84. The van der Waals surface area contributed by atoms with Gasteiger partial charge in [0.25, 0.3) is 0 Å². The molecule has 18 heavy (non-hydrogen) atoms. The number of rotatable bonds is 4. The first-order valence-corrected chi connectivity index (χ1v) is 7.10. The van der Waals surface area contributed by atoms with E-state index in [1.165, 1.54) is 25.7 Å². The third kappa shape index (κ3) is 2.96. The Bertz CT molecular complexity index is 386. The second-order valence-electron chi connectivity index (χ2n) is 5.74. The van der Waals surface area contributed by atoms with Crippen molar-refractivity contribution in [2.75, 3.05) is 7.05 Å². The van der Waals surface area contributed by atoms with Crippen LogP contribution in [0.5, 0.6) is 0 Å². The maximum absolute atomic E-state index is 5.78. The van der Waals surface area contributed by atoms with E-state index in [-0.39, 0.29) is 0 Å². The average Bonchev–Trinajstić information content (AvgIpc) is 2.69. The molecule has 3 heteroatoms. The molecule has 1 aromatic rings. The van der Waals surface area contributed by atoms with E-state index in [1.54, 1.807) is 0 Å². The van der Waals surface area contributed by atoms with Crippen LogP contribution in [-0.2, 0) is 13.1 Å². The minimum absolute atomic E-state index is 0.568. The van der Waals surface area contributed by atoms with Crippen molar-refractivity contribution in [3.63, 3.8) is 0 Å². The number of aryl methyl sites for hydroxylation is 1. The lowest BCUT2D eigenvalue weighted by Gasteiger charge is -2.35. The number of furan rings is 1. The molecule has 102 valence electrons. The maximum atomic E-state index is 5.78. The number of hydrogen-bond acceptors (Lipinski definition) is 3. The first-order chi connectivity index (χ1) is 8.61. The third-order valence-corrected chi connectivity index (χ3v) is 4.33. The summed E-state index contributed by atoms with van der Waals surface area (Å²) >= 11 is 0. The zero-order valence-corrected chi connectivity index (χ0v) is 11.9. The zero-order valence-electron chi connectivity index (χ0n) is 11.9. The topological polar surface area (TPSA) is 42.4 Å². The maximum Gasteiger partial charge on any atom is 0.118 e. The van der Waals surface area contributed by atoms with Gasteiger partial charge in [-0.2, -0.15) is 0 Å². The highest BCUT2D eigenvalue weighted by atomic mass is 16.3. The van der Waals surface area contributed by atoms with Crippen LogP contribution in [0.2, 0.25) is 0 Å². The molecule has 0 radical (unpaired) electrons. The molecule has 0 aliphatic heterocycles. The van der Waals surface area contributed by atoms with E-state index < -0.39 is 0 Å². The standard InChI is InChI=1S/C15H26N2O/c1-11-6-4-5-7-15(11)17(3)10-14-8-13(9-16)12(2)18-14/h8,11,15H,4-7,9-10,16H2,1-3H3. The molecule has 2 rings (SSSR count). The van der Waals surface area contributed by atoms with Crippen molar-refractivity contribution in [3.8, 4) is 0 Å². The highest BCUT2D eigenvalue weighted by molar-refractivity contribution is 5.20. The molecule has 0 spiro atoms. The Morgan fingerprint density at radius 1 is 1.39 bits per heavy atom. The van der Waals surface area contributed by atoms with E-state index in [2.05, 4.69) is 24.9 Å². The quantitative estimate of drug-likeness (QED) is 0.893. The van der Waals surface area contributed by atoms with Gasteiger partial charge in [0.1, 0.15) is 11.5 Å². The predicted molar refractivity (Wildman–Crippen MR) is 74.2 cm³/mol. The van der Waals surface area contributed by atoms with E-state index in [0.29, 0.717) is 12.6 Å². The fourth-order valence-electron chi connectivity index (χ4n) is 3.18. The summed E-state index contributed by atoms with van der Waals surface area (Å²) in [5.74, 6) is 2.82. The lowest BCUT2D eigenvalue weighted by molar-refractivity contribution is 0.125. The van der Waals surface area contributed by atoms with Crippen LogP contribution in [0.3, 0.4) is 0 Å². The first kappa shape index (κ1) is 13.6. The number of nitrogens with zero attached hydrogens (tertiary/aromatic N) is 1. The molecule has 2 atom stereocenters. The molecule has 2 N–H and O–H groups in total. The van der Waals surface area contributed by atoms with Crippen molar-refractivity contribution >= 4 is 0 Å². The Kier molecular flexibility index (Phi) is 4.46. The summed E-state index contributed by atoms with van der Waals surface area (Å²) in [4.78, 5) is 2.45. The van der Waals surface area contributed by atoms with E-state index >= 15 is 0 Å². The predicted octanol–water partition coefficient (Wildman–Crippen LogP) is 3.06. The molecule has 0 saturated heterocycles. The minimum Gasteiger partial charge on any atom is -0.465 e. The van der Waals surface area contributed by atoms with E-state index in [1.807, 2.05) is 6.92 Å². The SMILES string of the molecule is Cc1oc(CN(C)C2CCCCC2C)cc1CN. The van der Waals surface area contributed by atoms with Crippen LogP contribution >= 0.6 is 0 Å². The molecule has 1 aliphatic rings. The van der Waals surface area contributed by atoms with Crippen LogP contribution in [0, 0.1) is 12.8 Å². The smallest absolute Gasteiger partial charge is 0.118 e. The summed E-state index contributed by atoms with van der Waals surface area (Å²) in [7, 11) is 2.21. The molecule has 1 heterocycles. The van der Waals surface area contributed by atoms with Crippen molar-refractivity contribution in [2.24, 2.45) is 11.7 Å². The molecule has 2 unspecified atom stereocenters. The summed E-state index contributed by atoms with van der Waals surface area (Å²) in [5.41, 5.74) is 6.82. The highest BCUT2D eigenvalue weighted by Gasteiger charge is 2.25. The van der Waals surface area contributed by atoms with Crippen molar-refractivity contribution in [3.05, 3.63) is 23.2 Å². The van der Waals surface area contributed by atoms with Gasteiger partial charge in [-0.05, 0) is 38.8 Å². The van der Waals surface area contributed by atoms with Gasteiger partial charge in [-0.3, -0.25) is 4.90 Å². The van der Waals surface area contributed by atoms with Gasteiger partial charge < -0.3 is 10.2 Å². The van der Waals surface area contributed by atoms with Gasteiger partial charge in [0, 0.05) is 18.2 Å². The van der Waals surface area contributed by atoms with Crippen LogP contribution in [0.15, 0.2) is 10.5 Å². The van der Waals surface area contributed by atoms with Crippen LogP contribution in [-0.4, -0.2) is 18.0 Å². The Labute approximate surface area is 110 Å². The van der Waals surface area contributed by atoms with Gasteiger partial charge in [0.05, 0.1) is 6.54 Å². The fourth-order valence-corrected chi connectivity index (χ4v) is 3.18. The highest BCUT2D eigenvalue weighted by Crippen LogP contribution is 2.28. The van der Waals surface area contributed by atoms with Crippen LogP contribution in [0.25, 0.3) is 0 Å². The Morgan fingerprint density at radius 2 is 2.11 bits per heavy atom. The van der Waals surface area contributed by atoms with Gasteiger partial charge in [-0.15, -0.1) is 0 Å². The molecular formula is C15H26N2O. The molecule has 3 nitrogen and oxygen atoms in total. The number of hydrogen-bond donors (Lipinski definition) is 1. The summed E-state index contributed by atoms with van der Waals surface area (Å²) in [5, 5.41) is 0. The Morgan fingerprint density at radius 3 is 2.72 bits per heavy atom. The van der Waals surface area contributed by atoms with E-state index in [0.717, 1.165) is 29.5 Å². The van der Waals surface area contributed by atoms with Crippen molar-refractivity contribution in [1.82, 2.24) is 4.90 Å². The van der Waals surface area contributed by atoms with Crippen molar-refractivity contribution in [2.45, 2.75) is 58.7 Å².